The molecule has 0 saturated heterocycles. The van der Waals surface area contributed by atoms with Crippen LogP contribution >= 0.6 is 27.3 Å². The molecule has 0 aliphatic rings. The number of thiophene rings is 1. The Morgan fingerprint density at radius 2 is 2.10 bits per heavy atom. The van der Waals surface area contributed by atoms with Crippen LogP contribution in [0.3, 0.4) is 0 Å². The van der Waals surface area contributed by atoms with Crippen molar-refractivity contribution in [1.82, 2.24) is 5.32 Å². The summed E-state index contributed by atoms with van der Waals surface area (Å²) < 4.78 is 0.939. The molecule has 7 heteroatoms. The number of rotatable bonds is 4. The molecule has 21 heavy (non-hydrogen) atoms. The third kappa shape index (κ3) is 3.83. The second-order valence-electron chi connectivity index (χ2n) is 4.30. The Labute approximate surface area is 134 Å². The van der Waals surface area contributed by atoms with Crippen molar-refractivity contribution in [2.45, 2.75) is 13.5 Å². The highest BCUT2D eigenvalue weighted by atomic mass is 79.9. The lowest BCUT2D eigenvalue weighted by Gasteiger charge is -2.11. The number of carbonyl (C=O) groups is 2. The van der Waals surface area contributed by atoms with Crippen LogP contribution < -0.4 is 10.6 Å². The van der Waals surface area contributed by atoms with Gasteiger partial charge >= 0.3 is 12.0 Å². The maximum atomic E-state index is 11.9. The fourth-order valence-electron chi connectivity index (χ4n) is 1.83. The number of amides is 2. The molecule has 1 heterocycles. The molecule has 0 saturated carbocycles. The molecule has 110 valence electrons. The number of aromatic carboxylic acids is 1. The monoisotopic (exact) mass is 368 g/mol. The van der Waals surface area contributed by atoms with Crippen LogP contribution in [0.15, 0.2) is 34.1 Å². The number of urea groups is 1. The normalized spacial score (nSPS) is 10.2. The summed E-state index contributed by atoms with van der Waals surface area (Å²) >= 11 is 4.91. The highest BCUT2D eigenvalue weighted by Crippen LogP contribution is 2.22. The molecule has 5 nitrogen and oxygen atoms in total. The summed E-state index contributed by atoms with van der Waals surface area (Å²) in [7, 11) is 0. The van der Waals surface area contributed by atoms with Crippen LogP contribution in [0, 0.1) is 6.92 Å². The first-order valence-electron chi connectivity index (χ1n) is 6.08. The third-order valence-corrected chi connectivity index (χ3v) is 4.76. The number of hydrogen-bond donors (Lipinski definition) is 3. The Morgan fingerprint density at radius 1 is 1.33 bits per heavy atom. The maximum Gasteiger partial charge on any atom is 0.338 e. The van der Waals surface area contributed by atoms with Crippen LogP contribution in [0.4, 0.5) is 10.5 Å². The van der Waals surface area contributed by atoms with Crippen LogP contribution in [0.2, 0.25) is 0 Å². The first kappa shape index (κ1) is 15.5. The van der Waals surface area contributed by atoms with E-state index in [1.807, 2.05) is 11.4 Å². The van der Waals surface area contributed by atoms with Gasteiger partial charge < -0.3 is 15.7 Å². The molecule has 0 radical (unpaired) electrons. The van der Waals surface area contributed by atoms with E-state index in [2.05, 4.69) is 26.6 Å². The summed E-state index contributed by atoms with van der Waals surface area (Å²) in [5, 5.41) is 16.4. The van der Waals surface area contributed by atoms with Gasteiger partial charge in [-0.2, -0.15) is 0 Å². The van der Waals surface area contributed by atoms with Crippen molar-refractivity contribution in [2.75, 3.05) is 5.32 Å². The van der Waals surface area contributed by atoms with Crippen LogP contribution in [0.5, 0.6) is 0 Å². The summed E-state index contributed by atoms with van der Waals surface area (Å²) in [6, 6.07) is 6.42. The minimum Gasteiger partial charge on any atom is -0.478 e. The van der Waals surface area contributed by atoms with Gasteiger partial charge in [-0.1, -0.05) is 12.1 Å². The van der Waals surface area contributed by atoms with Crippen molar-refractivity contribution in [3.05, 3.63) is 50.1 Å². The number of halogens is 1. The van der Waals surface area contributed by atoms with Crippen molar-refractivity contribution < 1.29 is 14.7 Å². The fourth-order valence-corrected chi connectivity index (χ4v) is 3.27. The quantitative estimate of drug-likeness (QED) is 0.766. The first-order valence-corrected chi connectivity index (χ1v) is 7.76. The molecule has 0 atom stereocenters. The van der Waals surface area contributed by atoms with E-state index >= 15 is 0 Å². The Kier molecular flexibility index (Phi) is 4.98. The zero-order chi connectivity index (χ0) is 15.4. The zero-order valence-electron chi connectivity index (χ0n) is 11.1. The number of nitrogens with one attached hydrogen (secondary N) is 2. The largest absolute Gasteiger partial charge is 0.478 e. The average Bonchev–Trinajstić information content (AvgIpc) is 2.81. The predicted octanol–water partition coefficient (Wildman–Crippen LogP) is 3.84. The molecular weight excluding hydrogens is 356 g/mol. The molecule has 0 bridgehead atoms. The second kappa shape index (κ2) is 6.73. The third-order valence-electron chi connectivity index (χ3n) is 2.84. The van der Waals surface area contributed by atoms with E-state index in [4.69, 9.17) is 0 Å². The molecule has 0 spiro atoms. The number of carboxylic acids is 1. The van der Waals surface area contributed by atoms with Gasteiger partial charge in [-0.25, -0.2) is 9.59 Å². The highest BCUT2D eigenvalue weighted by molar-refractivity contribution is 9.10. The number of carboxylic acid groups (broad SMARTS) is 1. The molecule has 0 unspecified atom stereocenters. The second-order valence-corrected chi connectivity index (χ2v) is 6.16. The van der Waals surface area contributed by atoms with Crippen molar-refractivity contribution in [2.24, 2.45) is 0 Å². The van der Waals surface area contributed by atoms with Gasteiger partial charge in [-0.15, -0.1) is 11.3 Å². The minimum absolute atomic E-state index is 0.102. The first-order chi connectivity index (χ1) is 9.99. The van der Waals surface area contributed by atoms with Gasteiger partial charge in [-0.3, -0.25) is 0 Å². The van der Waals surface area contributed by atoms with Crippen LogP contribution in [-0.2, 0) is 6.54 Å². The van der Waals surface area contributed by atoms with E-state index in [9.17, 15) is 14.7 Å². The van der Waals surface area contributed by atoms with E-state index in [1.54, 1.807) is 25.1 Å². The van der Waals surface area contributed by atoms with E-state index in [0.717, 1.165) is 9.35 Å². The molecule has 2 amide bonds. The molecule has 1 aromatic carbocycles. The standard InChI is InChI=1S/C14H13BrN2O3S/c1-8-3-2-4-10(12(8)13(18)19)17-14(20)16-7-11-9(15)5-6-21-11/h2-6H,7H2,1H3,(H,18,19)(H2,16,17,20). The van der Waals surface area contributed by atoms with Crippen LogP contribution in [-0.4, -0.2) is 17.1 Å². The summed E-state index contributed by atoms with van der Waals surface area (Å²) in [5.41, 5.74) is 0.983. The predicted molar refractivity (Wildman–Crippen MR) is 86.0 cm³/mol. The van der Waals surface area contributed by atoms with E-state index in [0.29, 0.717) is 12.1 Å². The van der Waals surface area contributed by atoms with Gasteiger partial charge in [0.15, 0.2) is 0 Å². The van der Waals surface area contributed by atoms with E-state index < -0.39 is 12.0 Å². The van der Waals surface area contributed by atoms with Gasteiger partial charge in [0, 0.05) is 9.35 Å². The van der Waals surface area contributed by atoms with Crippen LogP contribution in [0.25, 0.3) is 0 Å². The number of carbonyl (C=O) groups excluding carboxylic acids is 1. The van der Waals surface area contributed by atoms with E-state index in [-0.39, 0.29) is 11.3 Å². The van der Waals surface area contributed by atoms with Gasteiger partial charge in [0.05, 0.1) is 17.8 Å². The Balaban J connectivity index is 2.05. The van der Waals surface area contributed by atoms with Crippen molar-refractivity contribution >= 4 is 45.0 Å². The van der Waals surface area contributed by atoms with Crippen molar-refractivity contribution in [3.8, 4) is 0 Å². The summed E-state index contributed by atoms with van der Waals surface area (Å²) in [5.74, 6) is -1.07. The molecule has 2 rings (SSSR count). The molecule has 1 aromatic heterocycles. The zero-order valence-corrected chi connectivity index (χ0v) is 13.5. The topological polar surface area (TPSA) is 78.4 Å². The van der Waals surface area contributed by atoms with Crippen molar-refractivity contribution in [3.63, 3.8) is 0 Å². The lowest BCUT2D eigenvalue weighted by Crippen LogP contribution is -2.28. The molecule has 0 fully saturated rings. The summed E-state index contributed by atoms with van der Waals surface area (Å²) in [6.45, 7) is 2.06. The minimum atomic E-state index is -1.07. The number of hydrogen-bond acceptors (Lipinski definition) is 3. The maximum absolute atomic E-state index is 11.9. The molecule has 0 aliphatic carbocycles. The SMILES string of the molecule is Cc1cccc(NC(=O)NCc2sccc2Br)c1C(=O)O. The van der Waals surface area contributed by atoms with E-state index in [1.165, 1.54) is 11.3 Å². The van der Waals surface area contributed by atoms with Crippen molar-refractivity contribution in [1.29, 1.82) is 0 Å². The molecule has 0 aliphatic heterocycles. The number of aryl methyl sites for hydroxylation is 1. The highest BCUT2D eigenvalue weighted by Gasteiger charge is 2.14. The Morgan fingerprint density at radius 3 is 2.71 bits per heavy atom. The van der Waals surface area contributed by atoms with Gasteiger partial charge in [0.25, 0.3) is 0 Å². The Bertz CT molecular complexity index is 685. The lowest BCUT2D eigenvalue weighted by molar-refractivity contribution is 0.0697. The molecule has 2 aromatic rings. The molecular formula is C14H13BrN2O3S. The van der Waals surface area contributed by atoms with Gasteiger partial charge in [0.1, 0.15) is 0 Å². The average molecular weight is 369 g/mol. The number of benzene rings is 1. The lowest BCUT2D eigenvalue weighted by atomic mass is 10.1. The summed E-state index contributed by atoms with van der Waals surface area (Å²) in [4.78, 5) is 24.1. The fraction of sp³-hybridized carbons (Fsp3) is 0.143. The van der Waals surface area contributed by atoms with Gasteiger partial charge in [0.2, 0.25) is 0 Å². The molecule has 3 N–H and O–H groups in total. The smallest absolute Gasteiger partial charge is 0.338 e. The van der Waals surface area contributed by atoms with Crippen LogP contribution in [0.1, 0.15) is 20.8 Å². The van der Waals surface area contributed by atoms with Gasteiger partial charge in [-0.05, 0) is 45.9 Å². The summed E-state index contributed by atoms with van der Waals surface area (Å²) in [6.07, 6.45) is 0. The Hall–Kier alpha value is -1.86. The number of anilines is 1.